The van der Waals surface area contributed by atoms with Crippen molar-refractivity contribution in [1.29, 1.82) is 0 Å². The Labute approximate surface area is 352 Å². The smallest absolute Gasteiger partial charge is 0.164 e. The monoisotopic (exact) mass is 701 g/mol. The number of fused-ring (bicyclic) bond motifs is 9. The average Bonchev–Trinajstić information content (AvgIpc) is 3.76. The molecule has 21 heteroatoms. The molecule has 0 amide bonds. The Morgan fingerprint density at radius 3 is 1.66 bits per heavy atom. The van der Waals surface area contributed by atoms with E-state index >= 15 is 0 Å². The lowest BCUT2D eigenvalue weighted by molar-refractivity contribution is 0.944. The normalized spacial score (nSPS) is 17.7. The van der Waals surface area contributed by atoms with Crippen molar-refractivity contribution in [2.75, 3.05) is 4.90 Å². The first-order valence-corrected chi connectivity index (χ1v) is 20.7. The van der Waals surface area contributed by atoms with Gasteiger partial charge in [-0.3, -0.25) is 0 Å². The van der Waals surface area contributed by atoms with E-state index < -0.39 is 0 Å². The van der Waals surface area contributed by atoms with E-state index in [0.29, 0.717) is 0 Å². The van der Waals surface area contributed by atoms with Gasteiger partial charge in [0.25, 0.3) is 0 Å². The summed E-state index contributed by atoms with van der Waals surface area (Å²) in [5.74, 6) is 0. The first-order valence-electron chi connectivity index (χ1n) is 20.7. The Balaban J connectivity index is 1.82. The third-order valence-electron chi connectivity index (χ3n) is 15.7. The predicted molar refractivity (Wildman–Crippen MR) is 308 cm³/mol. The van der Waals surface area contributed by atoms with Crippen molar-refractivity contribution in [3.63, 3.8) is 0 Å². The second-order valence-electron chi connectivity index (χ2n) is 18.1. The van der Waals surface area contributed by atoms with Crippen molar-refractivity contribution < 1.29 is 0 Å². The summed E-state index contributed by atoms with van der Waals surface area (Å²) in [4.78, 5) is 2.82. The van der Waals surface area contributed by atoms with Crippen molar-refractivity contribution in [2.45, 2.75) is 6.04 Å². The van der Waals surface area contributed by atoms with Gasteiger partial charge in [-0.1, -0.05) is 88.7 Å². The molecule has 4 aromatic carbocycles. The van der Waals surface area contributed by atoms with Crippen molar-refractivity contribution in [3.8, 4) is 22.3 Å². The van der Waals surface area contributed by atoms with Crippen LogP contribution in [0.25, 0.3) is 55.2 Å². The number of aromatic nitrogens is 1. The Morgan fingerprint density at radius 2 is 1.04 bits per heavy atom. The first-order chi connectivity index (χ1) is 26.2. The van der Waals surface area contributed by atoms with Crippen LogP contribution in [0.1, 0.15) is 5.56 Å². The third-order valence-corrected chi connectivity index (χ3v) is 15.7. The van der Waals surface area contributed by atoms with Crippen molar-refractivity contribution in [3.05, 3.63) is 62.8 Å². The molecule has 0 spiro atoms. The van der Waals surface area contributed by atoms with E-state index in [1.165, 1.54) is 165 Å². The van der Waals surface area contributed by atoms with Gasteiger partial charge >= 0.3 is 0 Å². The van der Waals surface area contributed by atoms with Gasteiger partial charge in [-0.25, -0.2) is 0 Å². The van der Waals surface area contributed by atoms with E-state index in [1.54, 1.807) is 0 Å². The number of hydrogen-bond acceptors (Lipinski definition) is 1. The molecule has 8 rings (SSSR count). The second-order valence-corrected chi connectivity index (χ2v) is 18.1. The molecule has 0 radical (unpaired) electrons. The van der Waals surface area contributed by atoms with E-state index in [-0.39, 0.29) is 6.04 Å². The fourth-order valence-electron chi connectivity index (χ4n) is 11.0. The molecule has 56 heavy (non-hydrogen) atoms. The lowest BCUT2D eigenvalue weighted by Crippen LogP contribution is -2.48. The number of hydrogen-bond donors (Lipinski definition) is 0. The highest BCUT2D eigenvalue weighted by molar-refractivity contribution is 6.70. The summed E-state index contributed by atoms with van der Waals surface area (Å²) in [6, 6.07) is 5.14. The Morgan fingerprint density at radius 1 is 0.518 bits per heavy atom. The summed E-state index contributed by atoms with van der Waals surface area (Å²) < 4.78 is 2.72. The molecule has 0 saturated heterocycles. The zero-order valence-corrected chi connectivity index (χ0v) is 37.8. The molecular formula is C35H43B19N2. The van der Waals surface area contributed by atoms with Gasteiger partial charge in [0, 0.05) is 27.8 Å². The number of rotatable bonds is 2. The standard InChI is InChI=1S/C35H43B19N2/c1-4(36)15(39)27(51)34-35(54)56-30-6(3-7(37)16(40)11(30)13-21(45)24(48)26(50)29(53)33(13)56)5-2-8(38)17(41)18(42)9(5)10-19(43)23(47)20(44)12-14-22(46)25(49)28(52)32(14)55(34)31(10)12/h2-3,32H,1,36-54H2/b27-15-,35-34-. The minimum Gasteiger partial charge on any atom is -0.330 e. The molecule has 1 atom stereocenters. The van der Waals surface area contributed by atoms with Gasteiger partial charge in [-0.2, -0.15) is 0 Å². The molecule has 3 aliphatic rings. The number of allylic oxidation sites excluding steroid dienone is 5. The van der Waals surface area contributed by atoms with Crippen molar-refractivity contribution in [2.24, 2.45) is 0 Å². The summed E-state index contributed by atoms with van der Waals surface area (Å²) in [6.45, 7) is 4.54. The summed E-state index contributed by atoms with van der Waals surface area (Å²) in [5.41, 5.74) is 39.4. The van der Waals surface area contributed by atoms with E-state index in [1.807, 2.05) is 0 Å². The van der Waals surface area contributed by atoms with Crippen LogP contribution in [-0.4, -0.2) is 160 Å². The highest BCUT2D eigenvalue weighted by Crippen LogP contribution is 2.55. The van der Waals surface area contributed by atoms with Gasteiger partial charge < -0.3 is 9.47 Å². The summed E-state index contributed by atoms with van der Waals surface area (Å²) in [5, 5.41) is 2.79. The molecule has 1 aromatic heterocycles. The fraction of sp³-hybridized carbons (Fsp3) is 0.0286. The molecule has 1 aliphatic carbocycles. The number of nitrogens with zero attached hydrogens (tertiary/aromatic N) is 2. The Kier molecular flexibility index (Phi) is 9.08. The van der Waals surface area contributed by atoms with Crippen LogP contribution in [0.15, 0.2) is 57.2 Å². The fourth-order valence-corrected chi connectivity index (χ4v) is 11.0. The summed E-state index contributed by atoms with van der Waals surface area (Å²) in [6.07, 6.45) is 0. The lowest BCUT2D eigenvalue weighted by atomic mass is 9.62. The molecule has 2 nitrogen and oxygen atoms in total. The minimum absolute atomic E-state index is 0.0968. The van der Waals surface area contributed by atoms with Gasteiger partial charge in [0.1, 0.15) is 141 Å². The van der Waals surface area contributed by atoms with E-state index in [2.05, 4.69) is 177 Å². The Bertz CT molecular complexity index is 2930. The van der Waals surface area contributed by atoms with Gasteiger partial charge in [0.2, 0.25) is 0 Å². The Hall–Kier alpha value is -3.59. The molecular weight excluding hydrogens is 654 g/mol. The molecule has 250 valence electrons. The highest BCUT2D eigenvalue weighted by Gasteiger charge is 2.46. The van der Waals surface area contributed by atoms with Gasteiger partial charge in [-0.15, -0.1) is 28.4 Å². The minimum atomic E-state index is 0.0968. The van der Waals surface area contributed by atoms with Crippen LogP contribution in [0.2, 0.25) is 0 Å². The van der Waals surface area contributed by atoms with Crippen LogP contribution in [0.4, 0.5) is 5.69 Å². The summed E-state index contributed by atoms with van der Waals surface area (Å²) in [7, 11) is 44.6. The second kappa shape index (κ2) is 13.0. The van der Waals surface area contributed by atoms with E-state index in [4.69, 9.17) is 0 Å². The zero-order chi connectivity index (χ0) is 41.0. The molecule has 0 bridgehead atoms. The molecule has 0 fully saturated rings. The van der Waals surface area contributed by atoms with Crippen LogP contribution in [-0.2, 0) is 0 Å². The highest BCUT2D eigenvalue weighted by atomic mass is 15.2. The molecule has 0 N–H and O–H groups in total. The van der Waals surface area contributed by atoms with E-state index in [9.17, 15) is 0 Å². The average molecular weight is 697 g/mol. The summed E-state index contributed by atoms with van der Waals surface area (Å²) >= 11 is 0. The van der Waals surface area contributed by atoms with Crippen LogP contribution in [0.3, 0.4) is 0 Å². The molecule has 2 aliphatic heterocycles. The van der Waals surface area contributed by atoms with Gasteiger partial charge in [0.05, 0.1) is 17.2 Å². The zero-order valence-electron chi connectivity index (χ0n) is 37.8. The molecule has 0 saturated carbocycles. The maximum Gasteiger partial charge on any atom is 0.164 e. The topological polar surface area (TPSA) is 8.17 Å². The quantitative estimate of drug-likeness (QED) is 0.132. The van der Waals surface area contributed by atoms with Crippen molar-refractivity contribution in [1.82, 2.24) is 4.57 Å². The largest absolute Gasteiger partial charge is 0.330 e. The molecule has 1 unspecified atom stereocenters. The van der Waals surface area contributed by atoms with E-state index in [0.717, 1.165) is 5.47 Å². The maximum atomic E-state index is 4.54. The van der Waals surface area contributed by atoms with Crippen LogP contribution >= 0.6 is 0 Å². The number of anilines is 1. The van der Waals surface area contributed by atoms with Crippen LogP contribution in [0, 0.1) is 0 Å². The third kappa shape index (κ3) is 4.78. The lowest BCUT2D eigenvalue weighted by Gasteiger charge is -2.38. The molecule has 5 aromatic rings. The SMILES string of the molecule is BC(=C)/C(B)=C(B)\C1=C(/B)n2c3c(cc(B)c(B)c3c3c(B)c(B)c(B)c(B)c32)-c2cc(B)c(B)c(B)c2-c2c(B)c(B)c(B)c3c2N1C1C(B)=C(B)C(B)=C31. The number of benzene rings is 4. The predicted octanol–water partition coefficient (Wildman–Crippen LogP) is -19.3. The first kappa shape index (κ1) is 39.2. The maximum absolute atomic E-state index is 4.54. The van der Waals surface area contributed by atoms with Crippen molar-refractivity contribution >= 4 is 253 Å². The van der Waals surface area contributed by atoms with Gasteiger partial charge in [-0.05, 0) is 33.2 Å². The van der Waals surface area contributed by atoms with Crippen LogP contribution < -0.4 is 70.5 Å². The van der Waals surface area contributed by atoms with Gasteiger partial charge in [0.15, 0.2) is 7.85 Å². The molecule has 3 heterocycles. The van der Waals surface area contributed by atoms with Crippen LogP contribution in [0.5, 0.6) is 0 Å².